The number of nitrogens with zero attached hydrogens (tertiary/aromatic N) is 1. The van der Waals surface area contributed by atoms with E-state index in [1.807, 2.05) is 24.3 Å². The molecule has 0 saturated carbocycles. The molecule has 0 unspecified atom stereocenters. The first-order valence-corrected chi connectivity index (χ1v) is 11.3. The maximum atomic E-state index is 12.3. The fourth-order valence-electron chi connectivity index (χ4n) is 3.59. The van der Waals surface area contributed by atoms with Crippen LogP contribution >= 0.6 is 11.6 Å². The number of rotatable bonds is 7. The molecule has 0 aromatic heterocycles. The number of benzene rings is 3. The van der Waals surface area contributed by atoms with Crippen LogP contribution in [0.2, 0.25) is 5.02 Å². The molecule has 174 valence electrons. The molecule has 7 nitrogen and oxygen atoms in total. The fraction of sp³-hybridized carbons (Fsp3) is 0.192. The molecule has 8 heteroatoms. The highest BCUT2D eigenvalue weighted by molar-refractivity contribution is 6.30. The van der Waals surface area contributed by atoms with E-state index in [9.17, 15) is 14.4 Å². The van der Waals surface area contributed by atoms with Gasteiger partial charge in [0.2, 0.25) is 11.8 Å². The first-order valence-electron chi connectivity index (χ1n) is 10.9. The van der Waals surface area contributed by atoms with Gasteiger partial charge in [-0.2, -0.15) is 0 Å². The third kappa shape index (κ3) is 6.14. The summed E-state index contributed by atoms with van der Waals surface area (Å²) >= 11 is 5.86. The summed E-state index contributed by atoms with van der Waals surface area (Å²) in [5, 5.41) is 0.642. The molecule has 1 heterocycles. The lowest BCUT2D eigenvalue weighted by molar-refractivity contribution is -0.121. The molecule has 34 heavy (non-hydrogen) atoms. The molecule has 3 aromatic carbocycles. The molecule has 2 N–H and O–H groups in total. The molecule has 4 rings (SSSR count). The van der Waals surface area contributed by atoms with E-state index < -0.39 is 5.91 Å². The summed E-state index contributed by atoms with van der Waals surface area (Å²) in [4.78, 5) is 38.1. The lowest BCUT2D eigenvalue weighted by atomic mass is 10.1. The zero-order valence-electron chi connectivity index (χ0n) is 18.4. The van der Waals surface area contributed by atoms with Crippen molar-refractivity contribution in [2.24, 2.45) is 0 Å². The summed E-state index contributed by atoms with van der Waals surface area (Å²) in [6, 6.07) is 21.3. The van der Waals surface area contributed by atoms with Gasteiger partial charge in [-0.25, -0.2) is 0 Å². The zero-order valence-corrected chi connectivity index (χ0v) is 19.2. The standard InChI is InChI=1S/C26H24ClN3O4/c27-21-9-13-23(14-10-21)34-17-19-3-7-20(8-4-19)26(33)29-28-24(31)16-18-5-11-22(12-6-18)30-15-1-2-25(30)32/h3-14H,1-2,15-17H2,(H,28,31)(H,29,33). The summed E-state index contributed by atoms with van der Waals surface area (Å²) in [6.07, 6.45) is 1.54. The first-order chi connectivity index (χ1) is 16.5. The van der Waals surface area contributed by atoms with E-state index in [0.29, 0.717) is 29.4 Å². The molecule has 0 aliphatic carbocycles. The van der Waals surface area contributed by atoms with Gasteiger partial charge in [-0.3, -0.25) is 25.2 Å². The highest BCUT2D eigenvalue weighted by Crippen LogP contribution is 2.21. The largest absolute Gasteiger partial charge is 0.489 e. The number of carbonyl (C=O) groups is 3. The van der Waals surface area contributed by atoms with Gasteiger partial charge in [0.15, 0.2) is 0 Å². The molecule has 0 spiro atoms. The number of halogens is 1. The molecule has 1 aliphatic heterocycles. The zero-order chi connectivity index (χ0) is 23.9. The molecule has 0 bridgehead atoms. The van der Waals surface area contributed by atoms with Gasteiger partial charge >= 0.3 is 0 Å². The lowest BCUT2D eigenvalue weighted by Crippen LogP contribution is -2.42. The molecule has 0 radical (unpaired) electrons. The number of hydrogen-bond acceptors (Lipinski definition) is 4. The van der Waals surface area contributed by atoms with Gasteiger partial charge < -0.3 is 9.64 Å². The Bertz CT molecular complexity index is 1160. The van der Waals surface area contributed by atoms with Crippen molar-refractivity contribution in [1.29, 1.82) is 0 Å². The Morgan fingerprint density at radius 2 is 1.56 bits per heavy atom. The lowest BCUT2D eigenvalue weighted by Gasteiger charge is -2.16. The molecule has 3 amide bonds. The van der Waals surface area contributed by atoms with Gasteiger partial charge in [-0.15, -0.1) is 0 Å². The fourth-order valence-corrected chi connectivity index (χ4v) is 3.72. The van der Waals surface area contributed by atoms with Crippen molar-refractivity contribution in [3.05, 3.63) is 94.5 Å². The van der Waals surface area contributed by atoms with E-state index >= 15 is 0 Å². The number of hydrogen-bond donors (Lipinski definition) is 2. The first kappa shape index (κ1) is 23.3. The van der Waals surface area contributed by atoms with Gasteiger partial charge in [0, 0.05) is 29.2 Å². The minimum atomic E-state index is -0.415. The van der Waals surface area contributed by atoms with Gasteiger partial charge in [-0.1, -0.05) is 35.9 Å². The molecule has 0 atom stereocenters. The summed E-state index contributed by atoms with van der Waals surface area (Å²) < 4.78 is 5.69. The monoisotopic (exact) mass is 477 g/mol. The minimum Gasteiger partial charge on any atom is -0.489 e. The van der Waals surface area contributed by atoms with Crippen molar-refractivity contribution in [2.45, 2.75) is 25.9 Å². The van der Waals surface area contributed by atoms with Crippen LogP contribution in [0.4, 0.5) is 5.69 Å². The predicted molar refractivity (Wildman–Crippen MR) is 130 cm³/mol. The molecular formula is C26H24ClN3O4. The second-order valence-electron chi connectivity index (χ2n) is 7.93. The van der Waals surface area contributed by atoms with Gasteiger partial charge in [-0.05, 0) is 66.1 Å². The van der Waals surface area contributed by atoms with Crippen LogP contribution < -0.4 is 20.5 Å². The number of anilines is 1. The van der Waals surface area contributed by atoms with Crippen LogP contribution in [0.3, 0.4) is 0 Å². The molecule has 1 aliphatic rings. The normalized spacial score (nSPS) is 13.0. The van der Waals surface area contributed by atoms with E-state index in [-0.39, 0.29) is 18.2 Å². The number of ether oxygens (including phenoxy) is 1. The molecule has 3 aromatic rings. The molecule has 1 fully saturated rings. The predicted octanol–water partition coefficient (Wildman–Crippen LogP) is 4.05. The van der Waals surface area contributed by atoms with Crippen LogP contribution in [-0.2, 0) is 22.6 Å². The van der Waals surface area contributed by atoms with E-state index in [2.05, 4.69) is 10.9 Å². The highest BCUT2D eigenvalue weighted by atomic mass is 35.5. The van der Waals surface area contributed by atoms with Gasteiger partial charge in [0.1, 0.15) is 12.4 Å². The summed E-state index contributed by atoms with van der Waals surface area (Å²) in [6.45, 7) is 1.08. The summed E-state index contributed by atoms with van der Waals surface area (Å²) in [5.74, 6) is 0.0659. The number of amides is 3. The van der Waals surface area contributed by atoms with E-state index in [4.69, 9.17) is 16.3 Å². The molecule has 1 saturated heterocycles. The molecular weight excluding hydrogens is 454 g/mol. The van der Waals surface area contributed by atoms with Gasteiger partial charge in [0.25, 0.3) is 5.91 Å². The second-order valence-corrected chi connectivity index (χ2v) is 8.37. The topological polar surface area (TPSA) is 87.7 Å². The Labute approximate surface area is 202 Å². The van der Waals surface area contributed by atoms with Crippen molar-refractivity contribution in [1.82, 2.24) is 10.9 Å². The maximum absolute atomic E-state index is 12.3. The van der Waals surface area contributed by atoms with Crippen molar-refractivity contribution >= 4 is 35.0 Å². The Morgan fingerprint density at radius 1 is 0.882 bits per heavy atom. The Morgan fingerprint density at radius 3 is 2.21 bits per heavy atom. The van der Waals surface area contributed by atoms with Gasteiger partial charge in [0.05, 0.1) is 6.42 Å². The highest BCUT2D eigenvalue weighted by Gasteiger charge is 2.21. The average Bonchev–Trinajstić information content (AvgIpc) is 3.29. The van der Waals surface area contributed by atoms with Crippen LogP contribution in [-0.4, -0.2) is 24.3 Å². The third-order valence-electron chi connectivity index (χ3n) is 5.44. The Balaban J connectivity index is 1.22. The van der Waals surface area contributed by atoms with E-state index in [0.717, 1.165) is 29.8 Å². The minimum absolute atomic E-state index is 0.107. The van der Waals surface area contributed by atoms with Crippen molar-refractivity contribution in [3.8, 4) is 5.75 Å². The number of hydrazine groups is 1. The van der Waals surface area contributed by atoms with Crippen LogP contribution in [0.15, 0.2) is 72.8 Å². The van der Waals surface area contributed by atoms with Crippen molar-refractivity contribution < 1.29 is 19.1 Å². The Hall–Kier alpha value is -3.84. The summed E-state index contributed by atoms with van der Waals surface area (Å²) in [5.41, 5.74) is 7.79. The number of carbonyl (C=O) groups excluding carboxylic acids is 3. The number of nitrogens with one attached hydrogen (secondary N) is 2. The van der Waals surface area contributed by atoms with Crippen LogP contribution in [0.25, 0.3) is 0 Å². The SMILES string of the molecule is O=C(Cc1ccc(N2CCCC2=O)cc1)NNC(=O)c1ccc(COc2ccc(Cl)cc2)cc1. The second kappa shape index (κ2) is 10.9. The van der Waals surface area contributed by atoms with Crippen LogP contribution in [0.1, 0.15) is 34.3 Å². The summed E-state index contributed by atoms with van der Waals surface area (Å²) in [7, 11) is 0. The Kier molecular flexibility index (Phi) is 7.44. The smallest absolute Gasteiger partial charge is 0.269 e. The van der Waals surface area contributed by atoms with Crippen LogP contribution in [0.5, 0.6) is 5.75 Å². The van der Waals surface area contributed by atoms with Crippen molar-refractivity contribution in [2.75, 3.05) is 11.4 Å². The van der Waals surface area contributed by atoms with Crippen LogP contribution in [0, 0.1) is 0 Å². The van der Waals surface area contributed by atoms with Crippen molar-refractivity contribution in [3.63, 3.8) is 0 Å². The quantitative estimate of drug-likeness (QED) is 0.502. The van der Waals surface area contributed by atoms with E-state index in [1.54, 1.807) is 53.4 Å². The third-order valence-corrected chi connectivity index (χ3v) is 5.69. The maximum Gasteiger partial charge on any atom is 0.269 e. The van der Waals surface area contributed by atoms with E-state index in [1.165, 1.54) is 0 Å². The average molecular weight is 478 g/mol.